The Hall–Kier alpha value is -1.95. The zero-order valence-electron chi connectivity index (χ0n) is 9.72. The van der Waals surface area contributed by atoms with Crippen molar-refractivity contribution in [3.63, 3.8) is 0 Å². The van der Waals surface area contributed by atoms with Crippen LogP contribution in [0.4, 0.5) is 4.39 Å². The van der Waals surface area contributed by atoms with Gasteiger partial charge >= 0.3 is 11.9 Å². The van der Waals surface area contributed by atoms with Gasteiger partial charge in [0.2, 0.25) is 6.10 Å². The summed E-state index contributed by atoms with van der Waals surface area (Å²) >= 11 is 1.21. The van der Waals surface area contributed by atoms with E-state index in [-0.39, 0.29) is 12.4 Å². The molecule has 1 aliphatic rings. The highest BCUT2D eigenvalue weighted by atomic mass is 32.1. The van der Waals surface area contributed by atoms with Gasteiger partial charge in [-0.1, -0.05) is 0 Å². The summed E-state index contributed by atoms with van der Waals surface area (Å²) in [4.78, 5) is 23.4. The molecule has 4 nitrogen and oxygen atoms in total. The maximum Gasteiger partial charge on any atom is 0.349 e. The molecule has 0 bridgehead atoms. The van der Waals surface area contributed by atoms with Gasteiger partial charge in [-0.15, -0.1) is 11.3 Å². The van der Waals surface area contributed by atoms with E-state index in [2.05, 4.69) is 0 Å². The van der Waals surface area contributed by atoms with E-state index in [4.69, 9.17) is 9.47 Å². The van der Waals surface area contributed by atoms with Gasteiger partial charge in [0.15, 0.2) is 0 Å². The number of hydrogen-bond donors (Lipinski definition) is 0. The lowest BCUT2D eigenvalue weighted by Gasteiger charge is -2.06. The number of ether oxygens (including phenoxy) is 2. The van der Waals surface area contributed by atoms with Crippen LogP contribution in [0.3, 0.4) is 0 Å². The smallest absolute Gasteiger partial charge is 0.349 e. The van der Waals surface area contributed by atoms with Crippen LogP contribution < -0.4 is 0 Å². The van der Waals surface area contributed by atoms with E-state index in [0.29, 0.717) is 16.7 Å². The van der Waals surface area contributed by atoms with Crippen LogP contribution in [0.5, 0.6) is 0 Å². The van der Waals surface area contributed by atoms with E-state index < -0.39 is 18.0 Å². The molecule has 0 unspecified atom stereocenters. The first-order chi connectivity index (χ1) is 9.13. The number of carbonyl (C=O) groups excluding carboxylic acids is 2. The van der Waals surface area contributed by atoms with E-state index >= 15 is 0 Å². The van der Waals surface area contributed by atoms with Crippen molar-refractivity contribution in [2.75, 3.05) is 6.61 Å². The van der Waals surface area contributed by atoms with Crippen LogP contribution in [0.1, 0.15) is 16.1 Å². The van der Waals surface area contributed by atoms with Gasteiger partial charge in [0, 0.05) is 11.1 Å². The molecule has 19 heavy (non-hydrogen) atoms. The van der Waals surface area contributed by atoms with Crippen LogP contribution in [-0.2, 0) is 14.3 Å². The van der Waals surface area contributed by atoms with E-state index in [9.17, 15) is 14.0 Å². The van der Waals surface area contributed by atoms with Gasteiger partial charge in [0.25, 0.3) is 0 Å². The van der Waals surface area contributed by atoms with E-state index in [1.54, 1.807) is 12.1 Å². The van der Waals surface area contributed by atoms with Crippen LogP contribution >= 0.6 is 11.3 Å². The molecular weight excluding hydrogens is 271 g/mol. The molecule has 98 valence electrons. The highest BCUT2D eigenvalue weighted by molar-refractivity contribution is 7.20. The quantitative estimate of drug-likeness (QED) is 0.793. The molecule has 1 aromatic heterocycles. The summed E-state index contributed by atoms with van der Waals surface area (Å²) in [5.74, 6) is -1.45. The number of esters is 2. The summed E-state index contributed by atoms with van der Waals surface area (Å²) in [6.07, 6.45) is -0.446. The lowest BCUT2D eigenvalue weighted by molar-refractivity contribution is -0.145. The molecule has 0 N–H and O–H groups in total. The van der Waals surface area contributed by atoms with Gasteiger partial charge in [0.1, 0.15) is 10.7 Å². The fourth-order valence-electron chi connectivity index (χ4n) is 1.89. The number of benzene rings is 1. The van der Waals surface area contributed by atoms with Crippen molar-refractivity contribution in [1.29, 1.82) is 0 Å². The third kappa shape index (κ3) is 2.31. The van der Waals surface area contributed by atoms with Gasteiger partial charge in [-0.25, -0.2) is 14.0 Å². The highest BCUT2D eigenvalue weighted by Crippen LogP contribution is 2.27. The van der Waals surface area contributed by atoms with Crippen molar-refractivity contribution in [2.24, 2.45) is 0 Å². The Morgan fingerprint density at radius 2 is 2.26 bits per heavy atom. The summed E-state index contributed by atoms with van der Waals surface area (Å²) in [5, 5.41) is 0.644. The van der Waals surface area contributed by atoms with Gasteiger partial charge in [-0.3, -0.25) is 0 Å². The Bertz CT molecular complexity index is 664. The molecule has 0 spiro atoms. The number of rotatable bonds is 2. The number of thiophene rings is 1. The van der Waals surface area contributed by atoms with Crippen LogP contribution in [0, 0.1) is 5.82 Å². The lowest BCUT2D eigenvalue weighted by Crippen LogP contribution is -2.22. The maximum atomic E-state index is 13.1. The zero-order chi connectivity index (χ0) is 13.4. The standard InChI is InChI=1S/C13H9FO4S/c14-8-1-2-10-7(5-8)6-11(19-10)13(16)18-9-3-4-17-12(9)15/h1-2,5-6,9H,3-4H2/t9-/m1/s1. The Balaban J connectivity index is 1.83. The molecule has 2 aromatic rings. The lowest BCUT2D eigenvalue weighted by atomic mass is 10.2. The highest BCUT2D eigenvalue weighted by Gasteiger charge is 2.30. The zero-order valence-corrected chi connectivity index (χ0v) is 10.5. The van der Waals surface area contributed by atoms with Crippen molar-refractivity contribution >= 4 is 33.4 Å². The van der Waals surface area contributed by atoms with Gasteiger partial charge in [0.05, 0.1) is 6.61 Å². The van der Waals surface area contributed by atoms with Gasteiger partial charge in [-0.2, -0.15) is 0 Å². The maximum absolute atomic E-state index is 13.1. The summed E-state index contributed by atoms with van der Waals surface area (Å²) in [5.41, 5.74) is 0. The minimum absolute atomic E-state index is 0.272. The average molecular weight is 280 g/mol. The molecule has 0 radical (unpaired) electrons. The summed E-state index contributed by atoms with van der Waals surface area (Å²) < 4.78 is 23.6. The van der Waals surface area contributed by atoms with Crippen molar-refractivity contribution in [2.45, 2.75) is 12.5 Å². The minimum Gasteiger partial charge on any atom is -0.463 e. The molecular formula is C13H9FO4S. The molecule has 2 heterocycles. The summed E-state index contributed by atoms with van der Waals surface area (Å²) in [7, 11) is 0. The normalized spacial score (nSPS) is 18.6. The monoisotopic (exact) mass is 280 g/mol. The molecule has 6 heteroatoms. The minimum atomic E-state index is -0.825. The van der Waals surface area contributed by atoms with Crippen molar-refractivity contribution in [3.8, 4) is 0 Å². The first-order valence-electron chi connectivity index (χ1n) is 5.70. The third-order valence-electron chi connectivity index (χ3n) is 2.82. The predicted molar refractivity (Wildman–Crippen MR) is 66.6 cm³/mol. The van der Waals surface area contributed by atoms with Gasteiger partial charge < -0.3 is 9.47 Å². The topological polar surface area (TPSA) is 52.6 Å². The molecule has 3 rings (SSSR count). The Labute approximate surface area is 111 Å². The number of carbonyl (C=O) groups is 2. The van der Waals surface area contributed by atoms with Crippen LogP contribution in [0.25, 0.3) is 10.1 Å². The number of halogens is 1. The first-order valence-corrected chi connectivity index (χ1v) is 6.52. The van der Waals surface area contributed by atoms with Crippen molar-refractivity contribution in [3.05, 3.63) is 35.0 Å². The van der Waals surface area contributed by atoms with E-state index in [1.807, 2.05) is 0 Å². The Morgan fingerprint density at radius 3 is 3.00 bits per heavy atom. The average Bonchev–Trinajstić information content (AvgIpc) is 2.96. The first kappa shape index (κ1) is 12.1. The number of hydrogen-bond acceptors (Lipinski definition) is 5. The summed E-state index contributed by atoms with van der Waals surface area (Å²) in [6.45, 7) is 0.272. The van der Waals surface area contributed by atoms with Crippen LogP contribution in [-0.4, -0.2) is 24.6 Å². The van der Waals surface area contributed by atoms with Crippen LogP contribution in [0.2, 0.25) is 0 Å². The molecule has 1 aliphatic heterocycles. The second-order valence-corrected chi connectivity index (χ2v) is 5.23. The fourth-order valence-corrected chi connectivity index (χ4v) is 2.81. The predicted octanol–water partition coefficient (Wildman–Crippen LogP) is 2.51. The number of fused-ring (bicyclic) bond motifs is 1. The third-order valence-corrected chi connectivity index (χ3v) is 3.91. The second kappa shape index (κ2) is 4.62. The molecule has 1 atom stereocenters. The van der Waals surface area contributed by atoms with Crippen molar-refractivity contribution in [1.82, 2.24) is 0 Å². The van der Waals surface area contributed by atoms with Gasteiger partial charge in [-0.05, 0) is 29.7 Å². The molecule has 1 fully saturated rings. The van der Waals surface area contributed by atoms with Crippen LogP contribution in [0.15, 0.2) is 24.3 Å². The number of cyclic esters (lactones) is 1. The largest absolute Gasteiger partial charge is 0.463 e. The molecule has 1 saturated heterocycles. The molecule has 1 aromatic carbocycles. The second-order valence-electron chi connectivity index (χ2n) is 4.14. The summed E-state index contributed by atoms with van der Waals surface area (Å²) in [6, 6.07) is 5.86. The molecule has 0 aliphatic carbocycles. The Kier molecular flexibility index (Phi) is 2.94. The van der Waals surface area contributed by atoms with Crippen molar-refractivity contribution < 1.29 is 23.5 Å². The molecule has 0 saturated carbocycles. The van der Waals surface area contributed by atoms with E-state index in [1.165, 1.54) is 23.5 Å². The fraction of sp³-hybridized carbons (Fsp3) is 0.231. The van der Waals surface area contributed by atoms with E-state index in [0.717, 1.165) is 4.70 Å². The Morgan fingerprint density at radius 1 is 1.42 bits per heavy atom. The SMILES string of the molecule is O=C(O[C@@H]1CCOC1=O)c1cc2cc(F)ccc2s1. The molecule has 0 amide bonds.